The van der Waals surface area contributed by atoms with Crippen molar-refractivity contribution in [3.05, 3.63) is 0 Å². The van der Waals surface area contributed by atoms with Gasteiger partial charge in [0.1, 0.15) is 0 Å². The van der Waals surface area contributed by atoms with Gasteiger partial charge >= 0.3 is 0 Å². The predicted molar refractivity (Wildman–Crippen MR) is 63.7 cm³/mol. The van der Waals surface area contributed by atoms with E-state index in [1.165, 1.54) is 32.4 Å². The number of nitrogens with one attached hydrogen (secondary N) is 1. The molecule has 2 fully saturated rings. The fourth-order valence-electron chi connectivity index (χ4n) is 2.39. The Labute approximate surface area is 98.3 Å². The van der Waals surface area contributed by atoms with Crippen LogP contribution in [0.5, 0.6) is 0 Å². The van der Waals surface area contributed by atoms with Crippen LogP contribution in [0.4, 0.5) is 0 Å². The summed E-state index contributed by atoms with van der Waals surface area (Å²) in [6, 6.07) is 1.52. The van der Waals surface area contributed by atoms with Crippen LogP contribution in [0.25, 0.3) is 0 Å². The normalized spacial score (nSPS) is 28.5. The fraction of sp³-hybridized carbons (Fsp3) is 1.00. The monoisotopic (exact) mass is 228 g/mol. The first-order valence-electron chi connectivity index (χ1n) is 6.32. The highest BCUT2D eigenvalue weighted by Gasteiger charge is 2.29. The third-order valence-corrected chi connectivity index (χ3v) is 3.47. The highest BCUT2D eigenvalue weighted by Crippen LogP contribution is 2.22. The van der Waals surface area contributed by atoms with Crippen LogP contribution in [0.3, 0.4) is 0 Å². The molecule has 0 radical (unpaired) electrons. The lowest BCUT2D eigenvalue weighted by Crippen LogP contribution is -2.38. The molecule has 2 unspecified atom stereocenters. The zero-order valence-corrected chi connectivity index (χ0v) is 10.4. The standard InChI is InChI=1S/C12H24N2O2/c1-15-9-12(16-2)8-14-6-5-11(7-14)13-10-3-4-10/h10-13H,3-9H2,1-2H3. The Bertz CT molecular complexity index is 209. The van der Waals surface area contributed by atoms with Crippen molar-refractivity contribution in [3.8, 4) is 0 Å². The Balaban J connectivity index is 1.66. The maximum absolute atomic E-state index is 5.39. The Hall–Kier alpha value is -0.160. The van der Waals surface area contributed by atoms with Crippen LogP contribution in [-0.4, -0.2) is 63.5 Å². The van der Waals surface area contributed by atoms with Crippen molar-refractivity contribution in [1.29, 1.82) is 0 Å². The average molecular weight is 228 g/mol. The zero-order valence-electron chi connectivity index (χ0n) is 10.4. The number of hydrogen-bond donors (Lipinski definition) is 1. The molecule has 4 nitrogen and oxygen atoms in total. The summed E-state index contributed by atoms with van der Waals surface area (Å²) in [5, 5.41) is 3.69. The van der Waals surface area contributed by atoms with E-state index in [0.717, 1.165) is 12.6 Å². The van der Waals surface area contributed by atoms with E-state index in [4.69, 9.17) is 9.47 Å². The van der Waals surface area contributed by atoms with Crippen molar-refractivity contribution >= 4 is 0 Å². The van der Waals surface area contributed by atoms with Crippen LogP contribution < -0.4 is 5.32 Å². The first-order chi connectivity index (χ1) is 7.81. The Morgan fingerprint density at radius 3 is 2.69 bits per heavy atom. The summed E-state index contributed by atoms with van der Waals surface area (Å²) >= 11 is 0. The minimum Gasteiger partial charge on any atom is -0.382 e. The van der Waals surface area contributed by atoms with Crippen molar-refractivity contribution in [2.75, 3.05) is 40.5 Å². The smallest absolute Gasteiger partial charge is 0.0931 e. The van der Waals surface area contributed by atoms with Gasteiger partial charge in [-0.15, -0.1) is 0 Å². The lowest BCUT2D eigenvalue weighted by atomic mass is 10.2. The minimum absolute atomic E-state index is 0.213. The van der Waals surface area contributed by atoms with E-state index < -0.39 is 0 Å². The molecular weight excluding hydrogens is 204 g/mol. The molecular formula is C12H24N2O2. The second-order valence-corrected chi connectivity index (χ2v) is 5.00. The molecule has 2 rings (SSSR count). The third kappa shape index (κ3) is 3.70. The molecule has 1 aliphatic heterocycles. The van der Waals surface area contributed by atoms with E-state index in [0.29, 0.717) is 12.6 Å². The van der Waals surface area contributed by atoms with Gasteiger partial charge in [0.2, 0.25) is 0 Å². The van der Waals surface area contributed by atoms with E-state index in [9.17, 15) is 0 Å². The molecule has 2 aliphatic rings. The molecule has 1 saturated carbocycles. The maximum Gasteiger partial charge on any atom is 0.0931 e. The van der Waals surface area contributed by atoms with Crippen molar-refractivity contribution < 1.29 is 9.47 Å². The fourth-order valence-corrected chi connectivity index (χ4v) is 2.39. The van der Waals surface area contributed by atoms with Gasteiger partial charge in [0.15, 0.2) is 0 Å². The second-order valence-electron chi connectivity index (χ2n) is 5.00. The number of hydrogen-bond acceptors (Lipinski definition) is 4. The molecule has 4 heteroatoms. The van der Waals surface area contributed by atoms with E-state index in [1.807, 2.05) is 0 Å². The highest BCUT2D eigenvalue weighted by atomic mass is 16.5. The molecule has 0 bridgehead atoms. The largest absolute Gasteiger partial charge is 0.382 e. The molecule has 0 aromatic rings. The highest BCUT2D eigenvalue weighted by molar-refractivity contribution is 4.89. The van der Waals surface area contributed by atoms with Gasteiger partial charge in [0.05, 0.1) is 12.7 Å². The van der Waals surface area contributed by atoms with Gasteiger partial charge in [-0.2, -0.15) is 0 Å². The average Bonchev–Trinajstić information content (AvgIpc) is 2.98. The van der Waals surface area contributed by atoms with Crippen molar-refractivity contribution in [3.63, 3.8) is 0 Å². The number of rotatable bonds is 7. The summed E-state index contributed by atoms with van der Waals surface area (Å²) in [5.41, 5.74) is 0. The van der Waals surface area contributed by atoms with Crippen molar-refractivity contribution in [2.45, 2.75) is 37.5 Å². The molecule has 0 aromatic heterocycles. The van der Waals surface area contributed by atoms with Crippen LogP contribution in [0.1, 0.15) is 19.3 Å². The van der Waals surface area contributed by atoms with Crippen LogP contribution in [0, 0.1) is 0 Å². The quantitative estimate of drug-likeness (QED) is 0.687. The Morgan fingerprint density at radius 2 is 2.06 bits per heavy atom. The minimum atomic E-state index is 0.213. The topological polar surface area (TPSA) is 33.7 Å². The number of methoxy groups -OCH3 is 2. The van der Waals surface area contributed by atoms with Gasteiger partial charge in [-0.05, 0) is 25.8 Å². The van der Waals surface area contributed by atoms with Gasteiger partial charge in [0, 0.05) is 39.4 Å². The van der Waals surface area contributed by atoms with Crippen LogP contribution >= 0.6 is 0 Å². The van der Waals surface area contributed by atoms with E-state index in [1.54, 1.807) is 14.2 Å². The second kappa shape index (κ2) is 5.96. The van der Waals surface area contributed by atoms with Crippen LogP contribution in [0.2, 0.25) is 0 Å². The van der Waals surface area contributed by atoms with Gasteiger partial charge in [0.25, 0.3) is 0 Å². The summed E-state index contributed by atoms with van der Waals surface area (Å²) < 4.78 is 10.5. The number of nitrogens with zero attached hydrogens (tertiary/aromatic N) is 1. The first-order valence-corrected chi connectivity index (χ1v) is 6.32. The first kappa shape index (κ1) is 12.3. The molecule has 1 N–H and O–H groups in total. The zero-order chi connectivity index (χ0) is 11.4. The van der Waals surface area contributed by atoms with Gasteiger partial charge in [-0.1, -0.05) is 0 Å². The van der Waals surface area contributed by atoms with E-state index >= 15 is 0 Å². The number of likely N-dealkylation sites (tertiary alicyclic amines) is 1. The third-order valence-electron chi connectivity index (χ3n) is 3.47. The summed E-state index contributed by atoms with van der Waals surface area (Å²) in [4.78, 5) is 2.48. The predicted octanol–water partition coefficient (Wildman–Crippen LogP) is 0.474. The lowest BCUT2D eigenvalue weighted by Gasteiger charge is -2.22. The SMILES string of the molecule is COCC(CN1CCC(NC2CC2)C1)OC. The van der Waals surface area contributed by atoms with E-state index in [-0.39, 0.29) is 6.10 Å². The van der Waals surface area contributed by atoms with Gasteiger partial charge < -0.3 is 14.8 Å². The molecule has 0 amide bonds. The summed E-state index contributed by atoms with van der Waals surface area (Å²) in [6.45, 7) is 4.04. The van der Waals surface area contributed by atoms with Crippen LogP contribution in [-0.2, 0) is 9.47 Å². The summed E-state index contributed by atoms with van der Waals surface area (Å²) in [6.07, 6.45) is 4.24. The van der Waals surface area contributed by atoms with Gasteiger partial charge in [-0.25, -0.2) is 0 Å². The molecule has 0 aromatic carbocycles. The van der Waals surface area contributed by atoms with Gasteiger partial charge in [-0.3, -0.25) is 4.90 Å². The molecule has 16 heavy (non-hydrogen) atoms. The Kier molecular flexibility index (Phi) is 4.58. The van der Waals surface area contributed by atoms with Crippen molar-refractivity contribution in [2.24, 2.45) is 0 Å². The molecule has 94 valence electrons. The number of ether oxygens (including phenoxy) is 2. The Morgan fingerprint density at radius 1 is 1.25 bits per heavy atom. The molecule has 2 atom stereocenters. The summed E-state index contributed by atoms with van der Waals surface area (Å²) in [7, 11) is 3.49. The maximum atomic E-state index is 5.39. The molecule has 1 saturated heterocycles. The van der Waals surface area contributed by atoms with Crippen LogP contribution in [0.15, 0.2) is 0 Å². The molecule has 0 spiro atoms. The molecule has 1 heterocycles. The van der Waals surface area contributed by atoms with Crippen molar-refractivity contribution in [1.82, 2.24) is 10.2 Å². The van der Waals surface area contributed by atoms with E-state index in [2.05, 4.69) is 10.2 Å². The molecule has 1 aliphatic carbocycles. The lowest BCUT2D eigenvalue weighted by molar-refractivity contribution is 0.00974. The summed E-state index contributed by atoms with van der Waals surface area (Å²) in [5.74, 6) is 0.